The third-order valence-electron chi connectivity index (χ3n) is 3.21. The average molecular weight is 294 g/mol. The van der Waals surface area contributed by atoms with Crippen molar-refractivity contribution in [1.82, 2.24) is 15.0 Å². The number of aromatic nitrogens is 3. The van der Waals surface area contributed by atoms with E-state index in [1.165, 1.54) is 0 Å². The van der Waals surface area contributed by atoms with Crippen LogP contribution in [-0.4, -0.2) is 41.1 Å². The highest BCUT2D eigenvalue weighted by Gasteiger charge is 2.10. The molecule has 0 radical (unpaired) electrons. The van der Waals surface area contributed by atoms with Crippen LogP contribution >= 0.6 is 0 Å². The van der Waals surface area contributed by atoms with Gasteiger partial charge in [0.15, 0.2) is 0 Å². The maximum absolute atomic E-state index is 4.53. The predicted molar refractivity (Wildman–Crippen MR) is 90.1 cm³/mol. The number of hydrogen-bond donors (Lipinski definition) is 2. The third kappa shape index (κ3) is 6.14. The summed E-state index contributed by atoms with van der Waals surface area (Å²) in [5.74, 6) is 2.71. The van der Waals surface area contributed by atoms with E-state index >= 15 is 0 Å². The molecule has 1 aromatic rings. The highest BCUT2D eigenvalue weighted by Crippen LogP contribution is 2.14. The molecule has 6 heteroatoms. The normalized spacial score (nSPS) is 10.8. The van der Waals surface area contributed by atoms with Crippen molar-refractivity contribution < 1.29 is 0 Å². The highest BCUT2D eigenvalue weighted by molar-refractivity contribution is 5.43. The molecule has 0 atom stereocenters. The summed E-state index contributed by atoms with van der Waals surface area (Å²) < 4.78 is 0. The minimum absolute atomic E-state index is 0.654. The molecule has 0 spiro atoms. The highest BCUT2D eigenvalue weighted by atomic mass is 15.3. The van der Waals surface area contributed by atoms with Gasteiger partial charge in [-0.15, -0.1) is 0 Å². The summed E-state index contributed by atoms with van der Waals surface area (Å²) in [4.78, 5) is 15.6. The first-order chi connectivity index (χ1) is 10.1. The first kappa shape index (κ1) is 17.5. The number of rotatable bonds is 10. The molecule has 21 heavy (non-hydrogen) atoms. The lowest BCUT2D eigenvalue weighted by Gasteiger charge is -2.20. The van der Waals surface area contributed by atoms with Crippen molar-refractivity contribution in [1.29, 1.82) is 0 Å². The van der Waals surface area contributed by atoms with Crippen LogP contribution < -0.4 is 15.5 Å². The van der Waals surface area contributed by atoms with Crippen molar-refractivity contribution in [2.75, 3.05) is 41.7 Å². The third-order valence-corrected chi connectivity index (χ3v) is 3.21. The minimum Gasteiger partial charge on any atom is -0.354 e. The van der Waals surface area contributed by atoms with Gasteiger partial charge < -0.3 is 15.5 Å². The van der Waals surface area contributed by atoms with Crippen LogP contribution in [0.1, 0.15) is 47.5 Å². The second-order valence-corrected chi connectivity index (χ2v) is 5.49. The molecule has 0 aliphatic rings. The van der Waals surface area contributed by atoms with Gasteiger partial charge in [-0.2, -0.15) is 15.0 Å². The molecule has 1 rings (SSSR count). The Bertz CT molecular complexity index is 403. The predicted octanol–water partition coefficient (Wildman–Crippen LogP) is 3.00. The molecular formula is C15H30N6. The molecule has 0 bridgehead atoms. The van der Waals surface area contributed by atoms with Gasteiger partial charge in [0.2, 0.25) is 17.8 Å². The van der Waals surface area contributed by atoms with Crippen LogP contribution in [0.4, 0.5) is 17.8 Å². The maximum atomic E-state index is 4.53. The molecule has 0 saturated carbocycles. The fraction of sp³-hybridized carbons (Fsp3) is 0.800. The van der Waals surface area contributed by atoms with E-state index in [4.69, 9.17) is 0 Å². The zero-order valence-corrected chi connectivity index (χ0v) is 14.1. The molecule has 120 valence electrons. The lowest BCUT2D eigenvalue weighted by molar-refractivity contribution is 0.605. The standard InChI is InChI=1S/C15H30N6/c1-6-10-16-13-18-14(17-11-9-12(4)5)20-15(19-13)21(7-2)8-3/h12H,6-11H2,1-5H3,(H2,16,17,18,19,20). The SMILES string of the molecule is CCCNc1nc(NCCC(C)C)nc(N(CC)CC)n1. The summed E-state index contributed by atoms with van der Waals surface area (Å²) in [5, 5.41) is 6.56. The Labute approximate surface area is 128 Å². The summed E-state index contributed by atoms with van der Waals surface area (Å²) in [6.07, 6.45) is 2.15. The quantitative estimate of drug-likeness (QED) is 0.691. The fourth-order valence-corrected chi connectivity index (χ4v) is 1.88. The van der Waals surface area contributed by atoms with E-state index in [9.17, 15) is 0 Å². The molecule has 0 unspecified atom stereocenters. The van der Waals surface area contributed by atoms with Crippen LogP contribution in [0.2, 0.25) is 0 Å². The van der Waals surface area contributed by atoms with Crippen molar-refractivity contribution in [3.8, 4) is 0 Å². The van der Waals surface area contributed by atoms with E-state index in [2.05, 4.69) is 65.1 Å². The Morgan fingerprint density at radius 3 is 1.95 bits per heavy atom. The van der Waals surface area contributed by atoms with Gasteiger partial charge in [-0.05, 0) is 32.6 Å². The number of nitrogens with one attached hydrogen (secondary N) is 2. The zero-order valence-electron chi connectivity index (χ0n) is 14.1. The molecule has 6 nitrogen and oxygen atoms in total. The van der Waals surface area contributed by atoms with Gasteiger partial charge >= 0.3 is 0 Å². The van der Waals surface area contributed by atoms with Crippen LogP contribution in [-0.2, 0) is 0 Å². The van der Waals surface area contributed by atoms with Gasteiger partial charge in [0.05, 0.1) is 0 Å². The second kappa shape index (κ2) is 9.37. The summed E-state index contributed by atoms with van der Waals surface area (Å²) in [7, 11) is 0. The lowest BCUT2D eigenvalue weighted by Crippen LogP contribution is -2.25. The Morgan fingerprint density at radius 1 is 0.905 bits per heavy atom. The summed E-state index contributed by atoms with van der Waals surface area (Å²) in [6.45, 7) is 14.3. The van der Waals surface area contributed by atoms with Crippen molar-refractivity contribution in [3.05, 3.63) is 0 Å². The van der Waals surface area contributed by atoms with Crippen LogP contribution in [0, 0.1) is 5.92 Å². The van der Waals surface area contributed by atoms with Gasteiger partial charge in [0.25, 0.3) is 0 Å². The van der Waals surface area contributed by atoms with Crippen LogP contribution in [0.15, 0.2) is 0 Å². The van der Waals surface area contributed by atoms with Crippen LogP contribution in [0.3, 0.4) is 0 Å². The van der Waals surface area contributed by atoms with E-state index in [0.717, 1.165) is 45.0 Å². The van der Waals surface area contributed by atoms with E-state index in [1.807, 2.05) is 0 Å². The van der Waals surface area contributed by atoms with Gasteiger partial charge in [-0.3, -0.25) is 0 Å². The molecule has 1 heterocycles. The van der Waals surface area contributed by atoms with Crippen molar-refractivity contribution in [3.63, 3.8) is 0 Å². The smallest absolute Gasteiger partial charge is 0.231 e. The fourth-order valence-electron chi connectivity index (χ4n) is 1.88. The van der Waals surface area contributed by atoms with Crippen molar-refractivity contribution in [2.24, 2.45) is 5.92 Å². The van der Waals surface area contributed by atoms with Gasteiger partial charge in [0, 0.05) is 26.2 Å². The molecule has 0 saturated heterocycles. The largest absolute Gasteiger partial charge is 0.354 e. The summed E-state index contributed by atoms with van der Waals surface area (Å²) in [6, 6.07) is 0. The summed E-state index contributed by atoms with van der Waals surface area (Å²) in [5.41, 5.74) is 0. The van der Waals surface area contributed by atoms with Crippen LogP contribution in [0.5, 0.6) is 0 Å². The number of nitrogens with zero attached hydrogens (tertiary/aromatic N) is 4. The van der Waals surface area contributed by atoms with Gasteiger partial charge in [-0.1, -0.05) is 20.8 Å². The van der Waals surface area contributed by atoms with Gasteiger partial charge in [0.1, 0.15) is 0 Å². The molecule has 0 aromatic carbocycles. The van der Waals surface area contributed by atoms with E-state index in [0.29, 0.717) is 17.8 Å². The Morgan fingerprint density at radius 2 is 1.48 bits per heavy atom. The monoisotopic (exact) mass is 294 g/mol. The molecular weight excluding hydrogens is 264 g/mol. The second-order valence-electron chi connectivity index (χ2n) is 5.49. The number of hydrogen-bond acceptors (Lipinski definition) is 6. The van der Waals surface area contributed by atoms with E-state index in [1.54, 1.807) is 0 Å². The summed E-state index contributed by atoms with van der Waals surface area (Å²) >= 11 is 0. The van der Waals surface area contributed by atoms with Crippen molar-refractivity contribution in [2.45, 2.75) is 47.5 Å². The topological polar surface area (TPSA) is 66.0 Å². The van der Waals surface area contributed by atoms with Crippen molar-refractivity contribution >= 4 is 17.8 Å². The molecule has 2 N–H and O–H groups in total. The Balaban J connectivity index is 2.86. The average Bonchev–Trinajstić information content (AvgIpc) is 2.46. The van der Waals surface area contributed by atoms with E-state index < -0.39 is 0 Å². The first-order valence-corrected chi connectivity index (χ1v) is 8.09. The molecule has 0 amide bonds. The zero-order chi connectivity index (χ0) is 15.7. The lowest BCUT2D eigenvalue weighted by atomic mass is 10.1. The first-order valence-electron chi connectivity index (χ1n) is 8.09. The van der Waals surface area contributed by atoms with Gasteiger partial charge in [-0.25, -0.2) is 0 Å². The molecule has 0 fully saturated rings. The molecule has 1 aromatic heterocycles. The maximum Gasteiger partial charge on any atom is 0.231 e. The molecule has 0 aliphatic carbocycles. The van der Waals surface area contributed by atoms with Crippen LogP contribution in [0.25, 0.3) is 0 Å². The molecule has 0 aliphatic heterocycles. The number of anilines is 3. The van der Waals surface area contributed by atoms with E-state index in [-0.39, 0.29) is 0 Å². The Kier molecular flexibility index (Phi) is 7.79. The Hall–Kier alpha value is -1.59. The minimum atomic E-state index is 0.654.